The van der Waals surface area contributed by atoms with Gasteiger partial charge in [0.1, 0.15) is 0 Å². The molecule has 1 aromatic heterocycles. The molecule has 0 unspecified atom stereocenters. The van der Waals surface area contributed by atoms with Crippen molar-refractivity contribution in [1.29, 1.82) is 0 Å². The first-order valence-corrected chi connectivity index (χ1v) is 6.26. The van der Waals surface area contributed by atoms with E-state index in [9.17, 15) is 4.79 Å². The highest BCUT2D eigenvalue weighted by Gasteiger charge is 2.19. The van der Waals surface area contributed by atoms with Crippen molar-refractivity contribution < 1.29 is 4.79 Å². The number of carbonyl (C=O) groups is 1. The van der Waals surface area contributed by atoms with Crippen LogP contribution in [0.15, 0.2) is 6.20 Å². The first-order chi connectivity index (χ1) is 7.68. The lowest BCUT2D eigenvalue weighted by Crippen LogP contribution is -2.08. The largest absolute Gasteiger partial charge is 0.294 e. The second-order valence-electron chi connectivity index (χ2n) is 5.04. The summed E-state index contributed by atoms with van der Waals surface area (Å²) in [5.41, 5.74) is 2.05. The molecule has 1 aromatic rings. The number of Topliss-reactive ketones (excluding diaryl/α,β-unsaturated/α-hetero) is 1. The number of hydrogen-bond acceptors (Lipinski definition) is 2. The van der Waals surface area contributed by atoms with E-state index in [0.29, 0.717) is 12.3 Å². The zero-order chi connectivity index (χ0) is 11.5. The normalized spacial score (nSPS) is 16.3. The van der Waals surface area contributed by atoms with Gasteiger partial charge in [-0.25, -0.2) is 0 Å². The highest BCUT2D eigenvalue weighted by molar-refractivity contribution is 5.97. The summed E-state index contributed by atoms with van der Waals surface area (Å²) in [6.45, 7) is 5.38. The van der Waals surface area contributed by atoms with Gasteiger partial charge in [0.25, 0.3) is 0 Å². The van der Waals surface area contributed by atoms with E-state index >= 15 is 0 Å². The maximum absolute atomic E-state index is 11.8. The van der Waals surface area contributed by atoms with E-state index in [4.69, 9.17) is 0 Å². The Labute approximate surface area is 96.8 Å². The Bertz CT molecular complexity index is 379. The van der Waals surface area contributed by atoms with Gasteiger partial charge >= 0.3 is 0 Å². The Morgan fingerprint density at radius 3 is 2.88 bits per heavy atom. The Hall–Kier alpha value is -1.12. The van der Waals surface area contributed by atoms with Crippen LogP contribution in [0.4, 0.5) is 0 Å². The van der Waals surface area contributed by atoms with Crippen LogP contribution in [0.5, 0.6) is 0 Å². The minimum absolute atomic E-state index is 0.281. The molecule has 0 saturated carbocycles. The molecule has 2 rings (SSSR count). The zero-order valence-electron chi connectivity index (χ0n) is 10.2. The van der Waals surface area contributed by atoms with Crippen LogP contribution in [0.25, 0.3) is 0 Å². The van der Waals surface area contributed by atoms with Gasteiger partial charge in [-0.3, -0.25) is 9.48 Å². The summed E-state index contributed by atoms with van der Waals surface area (Å²) in [5.74, 6) is 0.963. The first kappa shape index (κ1) is 11.4. The minimum Gasteiger partial charge on any atom is -0.294 e. The van der Waals surface area contributed by atoms with Gasteiger partial charge in [0.05, 0.1) is 11.8 Å². The number of ketones is 1. The fourth-order valence-corrected chi connectivity index (χ4v) is 2.19. The molecule has 1 aliphatic carbocycles. The maximum atomic E-state index is 11.8. The van der Waals surface area contributed by atoms with E-state index in [1.165, 1.54) is 5.69 Å². The average Bonchev–Trinajstić information content (AvgIpc) is 2.55. The Morgan fingerprint density at radius 2 is 2.12 bits per heavy atom. The second-order valence-corrected chi connectivity index (χ2v) is 5.04. The summed E-state index contributed by atoms with van der Waals surface area (Å²) < 4.78 is 2.04. The zero-order valence-corrected chi connectivity index (χ0v) is 10.2. The molecule has 0 N–H and O–H groups in total. The lowest BCUT2D eigenvalue weighted by Gasteiger charge is -2.08. The number of aromatic nitrogens is 2. The molecular formula is C13H20N2O. The topological polar surface area (TPSA) is 34.9 Å². The molecule has 0 amide bonds. The van der Waals surface area contributed by atoms with Crippen molar-refractivity contribution in [2.75, 3.05) is 0 Å². The summed E-state index contributed by atoms with van der Waals surface area (Å²) in [6.07, 6.45) is 6.75. The third-order valence-corrected chi connectivity index (χ3v) is 3.23. The molecule has 0 spiro atoms. The van der Waals surface area contributed by atoms with Gasteiger partial charge in [0.15, 0.2) is 5.78 Å². The van der Waals surface area contributed by atoms with Crippen LogP contribution in [0, 0.1) is 5.92 Å². The Morgan fingerprint density at radius 1 is 1.38 bits per heavy atom. The molecule has 3 nitrogen and oxygen atoms in total. The Kier molecular flexibility index (Phi) is 3.42. The lowest BCUT2D eigenvalue weighted by atomic mass is 10.1. The number of rotatable bonds is 3. The highest BCUT2D eigenvalue weighted by atomic mass is 16.1. The smallest absolute Gasteiger partial charge is 0.166 e. The molecule has 16 heavy (non-hydrogen) atoms. The van der Waals surface area contributed by atoms with E-state index in [0.717, 1.165) is 37.8 Å². The van der Waals surface area contributed by atoms with Crippen molar-refractivity contribution in [1.82, 2.24) is 9.78 Å². The first-order valence-electron chi connectivity index (χ1n) is 6.26. The molecule has 1 heterocycles. The van der Waals surface area contributed by atoms with Crippen LogP contribution in [0.1, 0.15) is 55.6 Å². The summed E-state index contributed by atoms with van der Waals surface area (Å²) in [7, 11) is 0. The van der Waals surface area contributed by atoms with E-state index in [-0.39, 0.29) is 5.78 Å². The number of hydrogen-bond donors (Lipinski definition) is 0. The van der Waals surface area contributed by atoms with E-state index in [1.54, 1.807) is 6.20 Å². The summed E-state index contributed by atoms with van der Waals surface area (Å²) in [4.78, 5) is 11.8. The molecule has 88 valence electrons. The quantitative estimate of drug-likeness (QED) is 0.734. The van der Waals surface area contributed by atoms with Crippen molar-refractivity contribution in [3.8, 4) is 0 Å². The fraction of sp³-hybridized carbons (Fsp3) is 0.692. The van der Waals surface area contributed by atoms with Crippen molar-refractivity contribution in [3.63, 3.8) is 0 Å². The molecule has 1 aliphatic rings. The van der Waals surface area contributed by atoms with Crippen LogP contribution in [0.2, 0.25) is 0 Å². The summed E-state index contributed by atoms with van der Waals surface area (Å²) >= 11 is 0. The van der Waals surface area contributed by atoms with Gasteiger partial charge in [-0.15, -0.1) is 0 Å². The summed E-state index contributed by atoms with van der Waals surface area (Å²) in [5, 5.41) is 4.36. The van der Waals surface area contributed by atoms with Crippen LogP contribution in [0.3, 0.4) is 0 Å². The van der Waals surface area contributed by atoms with Gasteiger partial charge in [-0.2, -0.15) is 5.10 Å². The van der Waals surface area contributed by atoms with E-state index in [1.807, 2.05) is 4.68 Å². The molecular weight excluding hydrogens is 200 g/mol. The maximum Gasteiger partial charge on any atom is 0.166 e. The third-order valence-electron chi connectivity index (χ3n) is 3.23. The van der Waals surface area contributed by atoms with Crippen LogP contribution >= 0.6 is 0 Å². The molecule has 0 aliphatic heterocycles. The second kappa shape index (κ2) is 4.81. The highest BCUT2D eigenvalue weighted by Crippen LogP contribution is 2.20. The molecule has 0 aromatic carbocycles. The molecule has 0 bridgehead atoms. The van der Waals surface area contributed by atoms with Gasteiger partial charge in [0.2, 0.25) is 0 Å². The summed E-state index contributed by atoms with van der Waals surface area (Å²) in [6, 6.07) is 0. The van der Waals surface area contributed by atoms with Gasteiger partial charge in [-0.05, 0) is 31.6 Å². The molecule has 0 saturated heterocycles. The number of aryl methyl sites for hydroxylation is 1. The van der Waals surface area contributed by atoms with Crippen LogP contribution in [-0.4, -0.2) is 15.6 Å². The van der Waals surface area contributed by atoms with E-state index < -0.39 is 0 Å². The SMILES string of the molecule is CC(C)CCn1ncc2c1CCCCC2=O. The predicted molar refractivity (Wildman–Crippen MR) is 63.6 cm³/mol. The minimum atomic E-state index is 0.281. The van der Waals surface area contributed by atoms with Gasteiger partial charge in [0, 0.05) is 18.7 Å². The molecule has 0 radical (unpaired) electrons. The number of nitrogens with zero attached hydrogens (tertiary/aromatic N) is 2. The number of carbonyl (C=O) groups excluding carboxylic acids is 1. The molecule has 0 atom stereocenters. The Balaban J connectivity index is 2.18. The average molecular weight is 220 g/mol. The van der Waals surface area contributed by atoms with Crippen LogP contribution in [-0.2, 0) is 13.0 Å². The van der Waals surface area contributed by atoms with Gasteiger partial charge in [-0.1, -0.05) is 13.8 Å². The van der Waals surface area contributed by atoms with Crippen molar-refractivity contribution in [2.24, 2.45) is 5.92 Å². The van der Waals surface area contributed by atoms with Gasteiger partial charge < -0.3 is 0 Å². The predicted octanol–water partition coefficient (Wildman–Crippen LogP) is 2.84. The van der Waals surface area contributed by atoms with Crippen molar-refractivity contribution in [3.05, 3.63) is 17.5 Å². The van der Waals surface area contributed by atoms with Crippen LogP contribution < -0.4 is 0 Å². The fourth-order valence-electron chi connectivity index (χ4n) is 2.19. The standard InChI is InChI=1S/C13H20N2O/c1-10(2)7-8-15-12-5-3-4-6-13(16)11(12)9-14-15/h9-10H,3-8H2,1-2H3. The van der Waals surface area contributed by atoms with Crippen molar-refractivity contribution >= 4 is 5.78 Å². The third kappa shape index (κ3) is 2.34. The van der Waals surface area contributed by atoms with Crippen molar-refractivity contribution in [2.45, 2.75) is 52.5 Å². The lowest BCUT2D eigenvalue weighted by molar-refractivity contribution is 0.0982. The van der Waals surface area contributed by atoms with E-state index in [2.05, 4.69) is 18.9 Å². The number of fused-ring (bicyclic) bond motifs is 1. The monoisotopic (exact) mass is 220 g/mol. The molecule has 0 fully saturated rings. The molecule has 3 heteroatoms.